The van der Waals surface area contributed by atoms with E-state index in [-0.39, 0.29) is 10.8 Å². The van der Waals surface area contributed by atoms with Gasteiger partial charge in [0.1, 0.15) is 0 Å². The van der Waals surface area contributed by atoms with Crippen molar-refractivity contribution in [2.75, 3.05) is 0 Å². The summed E-state index contributed by atoms with van der Waals surface area (Å²) in [7, 11) is 0. The molecule has 1 fully saturated rings. The zero-order valence-electron chi connectivity index (χ0n) is 11.1. The predicted octanol–water partition coefficient (Wildman–Crippen LogP) is 3.92. The maximum Gasteiger partial charge on any atom is 0.0840 e. The summed E-state index contributed by atoms with van der Waals surface area (Å²) in [6.07, 6.45) is 5.01. The minimum Gasteiger partial charge on any atom is -0.386 e. The quantitative estimate of drug-likeness (QED) is 0.650. The third-order valence-electron chi connectivity index (χ3n) is 3.08. The van der Waals surface area contributed by atoms with Gasteiger partial charge in [-0.25, -0.2) is 0 Å². The van der Waals surface area contributed by atoms with E-state index in [1.54, 1.807) is 0 Å². The van der Waals surface area contributed by atoms with E-state index >= 15 is 0 Å². The van der Waals surface area contributed by atoms with E-state index in [0.29, 0.717) is 0 Å². The highest BCUT2D eigenvalue weighted by atomic mass is 16.3. The third-order valence-corrected chi connectivity index (χ3v) is 3.08. The summed E-state index contributed by atoms with van der Waals surface area (Å²) in [4.78, 5) is 0. The van der Waals surface area contributed by atoms with Crippen molar-refractivity contribution in [3.8, 4) is 0 Å². The zero-order valence-corrected chi connectivity index (χ0v) is 11.1. The highest BCUT2D eigenvalue weighted by Crippen LogP contribution is 2.50. The van der Waals surface area contributed by atoms with E-state index in [2.05, 4.69) is 47.6 Å². The number of rotatable bonds is 1. The van der Waals surface area contributed by atoms with Gasteiger partial charge in [0.2, 0.25) is 0 Å². The van der Waals surface area contributed by atoms with Gasteiger partial charge in [-0.2, -0.15) is 0 Å². The number of hydrogen-bond acceptors (Lipinski definition) is 1. The standard InChI is InChI=1S/C14H26O/c1-11(2)7-14(15)9-12(3,4)8-13(5,6)10-14/h7,15H,8-10H2,1-6H3. The molecule has 0 aliphatic heterocycles. The van der Waals surface area contributed by atoms with Crippen molar-refractivity contribution in [1.82, 2.24) is 0 Å². The summed E-state index contributed by atoms with van der Waals surface area (Å²) in [6.45, 7) is 13.2. The van der Waals surface area contributed by atoms with E-state index in [4.69, 9.17) is 0 Å². The Labute approximate surface area is 94.6 Å². The van der Waals surface area contributed by atoms with Gasteiger partial charge in [0.05, 0.1) is 5.60 Å². The SMILES string of the molecule is CC(C)=CC1(O)CC(C)(C)CC(C)(C)C1. The summed E-state index contributed by atoms with van der Waals surface area (Å²) in [5.41, 5.74) is 1.10. The van der Waals surface area contributed by atoms with Crippen LogP contribution < -0.4 is 0 Å². The summed E-state index contributed by atoms with van der Waals surface area (Å²) in [6, 6.07) is 0. The first-order valence-electron chi connectivity index (χ1n) is 5.92. The van der Waals surface area contributed by atoms with Crippen LogP contribution in [0.5, 0.6) is 0 Å². The van der Waals surface area contributed by atoms with Crippen LogP contribution in [0, 0.1) is 10.8 Å². The van der Waals surface area contributed by atoms with Crippen LogP contribution in [0.3, 0.4) is 0 Å². The molecule has 0 saturated heterocycles. The summed E-state index contributed by atoms with van der Waals surface area (Å²) < 4.78 is 0. The Morgan fingerprint density at radius 3 is 1.67 bits per heavy atom. The molecule has 0 aromatic carbocycles. The first-order chi connectivity index (χ1) is 6.54. The molecule has 1 saturated carbocycles. The summed E-state index contributed by atoms with van der Waals surface area (Å²) in [5, 5.41) is 10.6. The highest BCUT2D eigenvalue weighted by Gasteiger charge is 2.45. The lowest BCUT2D eigenvalue weighted by Crippen LogP contribution is -2.44. The van der Waals surface area contributed by atoms with E-state index in [0.717, 1.165) is 12.8 Å². The Balaban J connectivity index is 2.97. The van der Waals surface area contributed by atoms with Gasteiger partial charge in [0.15, 0.2) is 0 Å². The first-order valence-corrected chi connectivity index (χ1v) is 5.92. The molecule has 88 valence electrons. The van der Waals surface area contributed by atoms with Crippen molar-refractivity contribution in [2.45, 2.75) is 66.4 Å². The molecule has 0 heterocycles. The molecule has 0 radical (unpaired) electrons. The number of hydrogen-bond donors (Lipinski definition) is 1. The topological polar surface area (TPSA) is 20.2 Å². The predicted molar refractivity (Wildman–Crippen MR) is 65.8 cm³/mol. The van der Waals surface area contributed by atoms with Gasteiger partial charge in [-0.3, -0.25) is 0 Å². The van der Waals surface area contributed by atoms with Crippen molar-refractivity contribution in [3.05, 3.63) is 11.6 Å². The molecule has 0 aromatic heterocycles. The minimum absolute atomic E-state index is 0.239. The molecule has 0 unspecified atom stereocenters. The lowest BCUT2D eigenvalue weighted by atomic mass is 9.59. The molecular formula is C14H26O. The normalized spacial score (nSPS) is 27.1. The van der Waals surface area contributed by atoms with Crippen LogP contribution in [-0.4, -0.2) is 10.7 Å². The minimum atomic E-state index is -0.593. The molecule has 15 heavy (non-hydrogen) atoms. The summed E-state index contributed by atoms with van der Waals surface area (Å²) in [5.74, 6) is 0. The fraction of sp³-hybridized carbons (Fsp3) is 0.857. The Morgan fingerprint density at radius 2 is 1.33 bits per heavy atom. The molecule has 1 nitrogen and oxygen atoms in total. The van der Waals surface area contributed by atoms with Crippen LogP contribution in [0.1, 0.15) is 60.8 Å². The van der Waals surface area contributed by atoms with Gasteiger partial charge < -0.3 is 5.11 Å². The van der Waals surface area contributed by atoms with Crippen LogP contribution in [0.25, 0.3) is 0 Å². The van der Waals surface area contributed by atoms with Gasteiger partial charge in [0.25, 0.3) is 0 Å². The molecule has 0 amide bonds. The lowest BCUT2D eigenvalue weighted by molar-refractivity contribution is -0.0534. The van der Waals surface area contributed by atoms with Gasteiger partial charge >= 0.3 is 0 Å². The van der Waals surface area contributed by atoms with Gasteiger partial charge in [0, 0.05) is 0 Å². The Bertz CT molecular complexity index is 251. The van der Waals surface area contributed by atoms with Gasteiger partial charge in [-0.15, -0.1) is 0 Å². The molecule has 0 atom stereocenters. The van der Waals surface area contributed by atoms with Crippen molar-refractivity contribution >= 4 is 0 Å². The van der Waals surface area contributed by atoms with Crippen molar-refractivity contribution in [2.24, 2.45) is 10.8 Å². The molecule has 0 bridgehead atoms. The zero-order chi connectivity index (χ0) is 11.9. The fourth-order valence-electron chi connectivity index (χ4n) is 3.78. The second-order valence-corrected chi connectivity index (χ2v) is 7.18. The lowest BCUT2D eigenvalue weighted by Gasteiger charge is -2.48. The monoisotopic (exact) mass is 210 g/mol. The van der Waals surface area contributed by atoms with Crippen molar-refractivity contribution in [1.29, 1.82) is 0 Å². The molecule has 0 aromatic rings. The van der Waals surface area contributed by atoms with Crippen LogP contribution in [-0.2, 0) is 0 Å². The molecule has 1 rings (SSSR count). The van der Waals surface area contributed by atoms with Crippen LogP contribution in [0.4, 0.5) is 0 Å². The van der Waals surface area contributed by atoms with E-state index < -0.39 is 5.60 Å². The maximum absolute atomic E-state index is 10.6. The smallest absolute Gasteiger partial charge is 0.0840 e. The molecule has 1 aliphatic carbocycles. The average Bonchev–Trinajstić information content (AvgIpc) is 1.70. The van der Waals surface area contributed by atoms with Crippen molar-refractivity contribution in [3.63, 3.8) is 0 Å². The molecule has 0 spiro atoms. The Morgan fingerprint density at radius 1 is 0.933 bits per heavy atom. The van der Waals surface area contributed by atoms with Crippen molar-refractivity contribution < 1.29 is 5.11 Å². The Hall–Kier alpha value is -0.300. The molecular weight excluding hydrogens is 184 g/mol. The second kappa shape index (κ2) is 3.62. The highest BCUT2D eigenvalue weighted by molar-refractivity contribution is 5.12. The van der Waals surface area contributed by atoms with Crippen LogP contribution >= 0.6 is 0 Å². The third kappa shape index (κ3) is 3.64. The second-order valence-electron chi connectivity index (χ2n) is 7.18. The maximum atomic E-state index is 10.6. The van der Waals surface area contributed by atoms with E-state index in [1.807, 2.05) is 0 Å². The van der Waals surface area contributed by atoms with Gasteiger partial charge in [-0.1, -0.05) is 39.3 Å². The van der Waals surface area contributed by atoms with E-state index in [9.17, 15) is 5.11 Å². The fourth-order valence-corrected chi connectivity index (χ4v) is 3.78. The Kier molecular flexibility index (Phi) is 3.08. The number of allylic oxidation sites excluding steroid dienone is 1. The largest absolute Gasteiger partial charge is 0.386 e. The van der Waals surface area contributed by atoms with Gasteiger partial charge in [-0.05, 0) is 43.9 Å². The molecule has 1 N–H and O–H groups in total. The van der Waals surface area contributed by atoms with Crippen LogP contribution in [0.2, 0.25) is 0 Å². The molecule has 1 aliphatic rings. The van der Waals surface area contributed by atoms with E-state index in [1.165, 1.54) is 12.0 Å². The average molecular weight is 210 g/mol. The summed E-state index contributed by atoms with van der Waals surface area (Å²) >= 11 is 0. The number of aliphatic hydroxyl groups is 1. The first kappa shape index (κ1) is 12.8. The van der Waals surface area contributed by atoms with Crippen LogP contribution in [0.15, 0.2) is 11.6 Å². The molecule has 1 heteroatoms.